The minimum atomic E-state index is -4.35. The van der Waals surface area contributed by atoms with Crippen LogP contribution in [0.5, 0.6) is 0 Å². The van der Waals surface area contributed by atoms with E-state index in [4.69, 9.17) is 5.11 Å². The number of sulfone groups is 1. The molecule has 0 heterocycles. The van der Waals surface area contributed by atoms with Crippen LogP contribution in [0.4, 0.5) is 8.78 Å². The number of hydrogen-bond donors (Lipinski definition) is 1. The van der Waals surface area contributed by atoms with Gasteiger partial charge in [-0.2, -0.15) is 0 Å². The van der Waals surface area contributed by atoms with E-state index in [0.717, 1.165) is 12.1 Å². The normalized spacial score (nSPS) is 13.3. The molecule has 1 aromatic carbocycles. The summed E-state index contributed by atoms with van der Waals surface area (Å²) in [5, 5.41) is 7.15. The number of carboxylic acids is 1. The molecule has 0 amide bonds. The van der Waals surface area contributed by atoms with Gasteiger partial charge in [0.2, 0.25) is 0 Å². The second kappa shape index (κ2) is 5.43. The molecule has 0 aromatic heterocycles. The fourth-order valence-corrected chi connectivity index (χ4v) is 3.24. The second-order valence-electron chi connectivity index (χ2n) is 3.74. The van der Waals surface area contributed by atoms with Gasteiger partial charge in [-0.25, -0.2) is 17.2 Å². The molecule has 1 rings (SSSR count). The Bertz CT molecular complexity index is 554. The third-order valence-electron chi connectivity index (χ3n) is 2.40. The molecule has 0 bridgehead atoms. The van der Waals surface area contributed by atoms with Crippen molar-refractivity contribution in [1.29, 1.82) is 0 Å². The van der Waals surface area contributed by atoms with Gasteiger partial charge in [0, 0.05) is 6.07 Å². The van der Waals surface area contributed by atoms with Gasteiger partial charge in [-0.05, 0) is 18.6 Å². The first kappa shape index (κ1) is 14.6. The Balaban J connectivity index is 3.31. The molecule has 0 radical (unpaired) electrons. The lowest BCUT2D eigenvalue weighted by Gasteiger charge is -2.13. The molecule has 0 fully saturated rings. The van der Waals surface area contributed by atoms with Crippen LogP contribution >= 0.6 is 0 Å². The summed E-state index contributed by atoms with van der Waals surface area (Å²) in [6.45, 7) is 1.62. The number of aliphatic carboxylic acids is 1. The standard InChI is InChI=1S/C11H12F2O4S/c1-2-3-10(11(14)15)18(16,17)9-5-4-7(12)6-8(9)13/h4-6,10H,2-3H2,1H3,(H,14,15). The maximum Gasteiger partial charge on any atom is 0.322 e. The fourth-order valence-electron chi connectivity index (χ4n) is 1.53. The molecular formula is C11H12F2O4S. The van der Waals surface area contributed by atoms with Crippen LogP contribution in [-0.2, 0) is 14.6 Å². The lowest BCUT2D eigenvalue weighted by atomic mass is 10.2. The Morgan fingerprint density at radius 3 is 2.44 bits per heavy atom. The van der Waals surface area contributed by atoms with Crippen LogP contribution < -0.4 is 0 Å². The van der Waals surface area contributed by atoms with Crippen molar-refractivity contribution in [2.24, 2.45) is 0 Å². The maximum absolute atomic E-state index is 13.4. The Kier molecular flexibility index (Phi) is 4.39. The molecule has 1 atom stereocenters. The zero-order chi connectivity index (χ0) is 13.9. The number of carbonyl (C=O) groups is 1. The summed E-state index contributed by atoms with van der Waals surface area (Å²) in [4.78, 5) is 10.1. The number of hydrogen-bond acceptors (Lipinski definition) is 3. The number of carboxylic acid groups (broad SMARTS) is 1. The molecule has 1 N–H and O–H groups in total. The molecule has 0 saturated heterocycles. The van der Waals surface area contributed by atoms with Crippen molar-refractivity contribution < 1.29 is 27.1 Å². The molecule has 1 aromatic rings. The van der Waals surface area contributed by atoms with Crippen molar-refractivity contribution in [3.63, 3.8) is 0 Å². The van der Waals surface area contributed by atoms with E-state index < -0.39 is 37.6 Å². The van der Waals surface area contributed by atoms with Crippen LogP contribution in [0.3, 0.4) is 0 Å². The zero-order valence-corrected chi connectivity index (χ0v) is 10.4. The van der Waals surface area contributed by atoms with Crippen molar-refractivity contribution in [2.75, 3.05) is 0 Å². The zero-order valence-electron chi connectivity index (χ0n) is 9.56. The molecule has 7 heteroatoms. The molecule has 18 heavy (non-hydrogen) atoms. The van der Waals surface area contributed by atoms with Crippen molar-refractivity contribution in [3.8, 4) is 0 Å². The Morgan fingerprint density at radius 2 is 2.00 bits per heavy atom. The van der Waals surface area contributed by atoms with Crippen molar-refractivity contribution in [2.45, 2.75) is 29.9 Å². The first-order chi connectivity index (χ1) is 8.30. The predicted octanol–water partition coefficient (Wildman–Crippen LogP) is 1.99. The van der Waals surface area contributed by atoms with E-state index in [1.165, 1.54) is 0 Å². The van der Waals surface area contributed by atoms with Gasteiger partial charge in [-0.3, -0.25) is 4.79 Å². The summed E-state index contributed by atoms with van der Waals surface area (Å²) in [6, 6.07) is 1.93. The summed E-state index contributed by atoms with van der Waals surface area (Å²) in [5.41, 5.74) is 0. The van der Waals surface area contributed by atoms with E-state index in [2.05, 4.69) is 0 Å². The quantitative estimate of drug-likeness (QED) is 0.836. The van der Waals surface area contributed by atoms with Gasteiger partial charge in [0.05, 0.1) is 0 Å². The first-order valence-corrected chi connectivity index (χ1v) is 6.77. The van der Waals surface area contributed by atoms with Gasteiger partial charge in [0.15, 0.2) is 15.1 Å². The van der Waals surface area contributed by atoms with E-state index in [9.17, 15) is 22.0 Å². The van der Waals surface area contributed by atoms with Crippen LogP contribution in [0.15, 0.2) is 23.1 Å². The van der Waals surface area contributed by atoms with Crippen LogP contribution in [-0.4, -0.2) is 24.7 Å². The van der Waals surface area contributed by atoms with Gasteiger partial charge in [-0.15, -0.1) is 0 Å². The molecular weight excluding hydrogens is 266 g/mol. The highest BCUT2D eigenvalue weighted by atomic mass is 32.2. The highest BCUT2D eigenvalue weighted by molar-refractivity contribution is 7.92. The van der Waals surface area contributed by atoms with Gasteiger partial charge in [0.1, 0.15) is 16.5 Å². The SMILES string of the molecule is CCCC(C(=O)O)S(=O)(=O)c1ccc(F)cc1F. The van der Waals surface area contributed by atoms with Crippen LogP contribution in [0.1, 0.15) is 19.8 Å². The molecule has 0 saturated carbocycles. The van der Waals surface area contributed by atoms with Crippen molar-refractivity contribution >= 4 is 15.8 Å². The van der Waals surface area contributed by atoms with Crippen LogP contribution in [0.2, 0.25) is 0 Å². The minimum Gasteiger partial charge on any atom is -0.480 e. The Labute approximate surface area is 103 Å². The van der Waals surface area contributed by atoms with E-state index >= 15 is 0 Å². The molecule has 100 valence electrons. The molecule has 1 unspecified atom stereocenters. The topological polar surface area (TPSA) is 71.4 Å². The van der Waals surface area contributed by atoms with E-state index in [-0.39, 0.29) is 6.42 Å². The van der Waals surface area contributed by atoms with E-state index in [1.807, 2.05) is 0 Å². The highest BCUT2D eigenvalue weighted by Gasteiger charge is 2.35. The molecule has 0 aliphatic carbocycles. The maximum atomic E-state index is 13.4. The van der Waals surface area contributed by atoms with Crippen LogP contribution in [0.25, 0.3) is 0 Å². The van der Waals surface area contributed by atoms with E-state index in [1.54, 1.807) is 6.92 Å². The van der Waals surface area contributed by atoms with Crippen molar-refractivity contribution in [1.82, 2.24) is 0 Å². The second-order valence-corrected chi connectivity index (χ2v) is 5.83. The average molecular weight is 278 g/mol. The third-order valence-corrected chi connectivity index (χ3v) is 4.53. The number of rotatable bonds is 5. The predicted molar refractivity (Wildman–Crippen MR) is 59.9 cm³/mol. The minimum absolute atomic E-state index is 0.130. The molecule has 0 aliphatic heterocycles. The van der Waals surface area contributed by atoms with Gasteiger partial charge in [0.25, 0.3) is 0 Å². The Hall–Kier alpha value is -1.50. The van der Waals surface area contributed by atoms with E-state index in [0.29, 0.717) is 12.5 Å². The molecule has 0 aliphatic rings. The number of halogens is 2. The smallest absolute Gasteiger partial charge is 0.322 e. The summed E-state index contributed by atoms with van der Waals surface area (Å²) in [6.07, 6.45) is 0.188. The number of benzene rings is 1. The largest absolute Gasteiger partial charge is 0.480 e. The third kappa shape index (κ3) is 2.84. The van der Waals surface area contributed by atoms with Gasteiger partial charge in [-0.1, -0.05) is 13.3 Å². The van der Waals surface area contributed by atoms with Crippen LogP contribution in [0, 0.1) is 11.6 Å². The summed E-state index contributed by atoms with van der Waals surface area (Å²) >= 11 is 0. The lowest BCUT2D eigenvalue weighted by Crippen LogP contribution is -2.30. The lowest BCUT2D eigenvalue weighted by molar-refractivity contribution is -0.136. The Morgan fingerprint density at radius 1 is 1.39 bits per heavy atom. The summed E-state index contributed by atoms with van der Waals surface area (Å²) in [5.74, 6) is -3.74. The summed E-state index contributed by atoms with van der Waals surface area (Å²) < 4.78 is 50.0. The monoisotopic (exact) mass is 278 g/mol. The van der Waals surface area contributed by atoms with Gasteiger partial charge >= 0.3 is 5.97 Å². The average Bonchev–Trinajstić information content (AvgIpc) is 2.24. The van der Waals surface area contributed by atoms with Gasteiger partial charge < -0.3 is 5.11 Å². The van der Waals surface area contributed by atoms with Crippen molar-refractivity contribution in [3.05, 3.63) is 29.8 Å². The molecule has 4 nitrogen and oxygen atoms in total. The summed E-state index contributed by atoms with van der Waals surface area (Å²) in [7, 11) is -4.35. The first-order valence-electron chi connectivity index (χ1n) is 5.22. The fraction of sp³-hybridized carbons (Fsp3) is 0.364. The highest BCUT2D eigenvalue weighted by Crippen LogP contribution is 2.23. The molecule has 0 spiro atoms.